The molecule has 0 rings (SSSR count). The molecule has 0 spiro atoms. The summed E-state index contributed by atoms with van der Waals surface area (Å²) in [5.74, 6) is 0. The highest BCUT2D eigenvalue weighted by molar-refractivity contribution is 7.81. The standard InChI is InChI=1S/C5H10O17S4/c6-1-3(20-24(10,11)12)5(22-26(16,17)18)4(21-25(13,14)15)2-19-23(7,8)9/h1,3-5H,2H2,(H,7,8,9)(H,10,11,12)(H,13,14,15)(H,16,17,18)/t3-,4-,5+/m1/s1/i/hD4. The maximum atomic E-state index is 11.4. The van der Waals surface area contributed by atoms with Crippen molar-refractivity contribution < 1.29 is 73.4 Å². The van der Waals surface area contributed by atoms with E-state index in [4.69, 9.17) is 5.72 Å². The van der Waals surface area contributed by atoms with Crippen molar-refractivity contribution in [3.63, 3.8) is 0 Å². The summed E-state index contributed by atoms with van der Waals surface area (Å²) in [4.78, 5) is 11.2. The van der Waals surface area contributed by atoms with Crippen molar-refractivity contribution in [3.8, 4) is 0 Å². The SMILES string of the molecule is [2H]OS(=O)(=O)OC[C@@H](OS(=O)(=O)O[2H])[C@@H](OS(=O)(=O)O[2H])[C@@H](C=O)OS(=O)(=O)O[2H]. The zero-order valence-corrected chi connectivity index (χ0v) is 14.9. The third-order valence-corrected chi connectivity index (χ3v) is 3.72. The predicted molar refractivity (Wildman–Crippen MR) is 72.8 cm³/mol. The van der Waals surface area contributed by atoms with Crippen LogP contribution >= 0.6 is 0 Å². The number of carbonyl (C=O) groups is 1. The highest BCUT2D eigenvalue weighted by Crippen LogP contribution is 2.18. The van der Waals surface area contributed by atoms with Crippen LogP contribution in [0.5, 0.6) is 0 Å². The number of hydrogen-bond donors (Lipinski definition) is 4. The lowest BCUT2D eigenvalue weighted by atomic mass is 10.1. The minimum atomic E-state index is -5.49. The van der Waals surface area contributed by atoms with Crippen LogP contribution in [0.15, 0.2) is 0 Å². The molecule has 0 radical (unpaired) electrons. The molecule has 0 aromatic rings. The van der Waals surface area contributed by atoms with Gasteiger partial charge in [-0.05, 0) is 0 Å². The van der Waals surface area contributed by atoms with Crippen molar-refractivity contribution in [1.82, 2.24) is 0 Å². The molecule has 0 saturated carbocycles. The Morgan fingerprint density at radius 2 is 1.23 bits per heavy atom. The van der Waals surface area contributed by atoms with Gasteiger partial charge in [0.25, 0.3) is 0 Å². The number of hydrogen-bond acceptors (Lipinski definition) is 17. The van der Waals surface area contributed by atoms with E-state index in [0.717, 1.165) is 0 Å². The molecule has 0 aromatic heterocycles. The van der Waals surface area contributed by atoms with Crippen LogP contribution in [0.25, 0.3) is 5.72 Å². The first-order chi connectivity index (χ1) is 13.6. The largest absolute Gasteiger partial charge is 0.398 e. The van der Waals surface area contributed by atoms with E-state index in [1.165, 1.54) is 0 Å². The molecule has 4 N–H and O–H groups in total. The highest BCUT2D eigenvalue weighted by atomic mass is 32.3. The van der Waals surface area contributed by atoms with Gasteiger partial charge in [0.05, 0.1) is 6.61 Å². The fraction of sp³-hybridized carbons (Fsp3) is 0.800. The van der Waals surface area contributed by atoms with Gasteiger partial charge in [0.2, 0.25) is 5.72 Å². The van der Waals surface area contributed by atoms with Gasteiger partial charge in [-0.2, -0.15) is 33.7 Å². The molecule has 0 aliphatic carbocycles. The molecule has 0 amide bonds. The molecule has 0 aromatic carbocycles. The smallest absolute Gasteiger partial charge is 0.300 e. The predicted octanol–water partition coefficient (Wildman–Crippen LogP) is -3.43. The van der Waals surface area contributed by atoms with Gasteiger partial charge < -0.3 is 4.79 Å². The third kappa shape index (κ3) is 12.5. The van der Waals surface area contributed by atoms with E-state index in [9.17, 15) is 38.5 Å². The van der Waals surface area contributed by atoms with Crippen LogP contribution in [-0.2, 0) is 63.1 Å². The Labute approximate surface area is 152 Å². The summed E-state index contributed by atoms with van der Waals surface area (Å²) in [7, 11) is -21.5. The van der Waals surface area contributed by atoms with E-state index in [0.29, 0.717) is 0 Å². The van der Waals surface area contributed by atoms with Gasteiger partial charge in [0.15, 0.2) is 12.4 Å². The molecule has 0 heterocycles. The fourth-order valence-electron chi connectivity index (χ4n) is 1.23. The molecule has 0 aliphatic rings. The van der Waals surface area contributed by atoms with E-state index in [2.05, 4.69) is 35.0 Å². The van der Waals surface area contributed by atoms with Crippen LogP contribution in [-0.4, -0.2) is 83.1 Å². The Hall–Kier alpha value is -0.850. The third-order valence-electron chi connectivity index (χ3n) is 1.90. The Morgan fingerprint density at radius 1 is 0.769 bits per heavy atom. The van der Waals surface area contributed by atoms with Crippen molar-refractivity contribution >= 4 is 47.9 Å². The maximum Gasteiger partial charge on any atom is 0.398 e. The summed E-state index contributed by atoms with van der Waals surface area (Å²) in [5.41, 5.74) is 0. The first-order valence-corrected chi connectivity index (χ1v) is 10.6. The highest BCUT2D eigenvalue weighted by Gasteiger charge is 2.41. The molecule has 3 atom stereocenters. The first kappa shape index (κ1) is 18.5. The molecule has 17 nitrogen and oxygen atoms in total. The minimum absolute atomic E-state index is 0.569. The lowest BCUT2D eigenvalue weighted by Crippen LogP contribution is -2.48. The van der Waals surface area contributed by atoms with Crippen LogP contribution in [0.1, 0.15) is 0 Å². The van der Waals surface area contributed by atoms with Gasteiger partial charge >= 0.3 is 41.6 Å². The molecular formula is C5H10O17S4. The molecule has 0 unspecified atom stereocenters. The van der Waals surface area contributed by atoms with Crippen LogP contribution < -0.4 is 0 Å². The molecular weight excluding hydrogens is 460 g/mol. The molecule has 0 fully saturated rings. The minimum Gasteiger partial charge on any atom is -0.300 e. The Kier molecular flexibility index (Phi) is 6.33. The monoisotopic (exact) mass is 474 g/mol. The summed E-state index contributed by atoms with van der Waals surface area (Å²) < 4.78 is 143. The van der Waals surface area contributed by atoms with E-state index in [1.807, 2.05) is 0 Å². The molecule has 0 saturated heterocycles. The normalized spacial score (nSPS) is 19.4. The van der Waals surface area contributed by atoms with Crippen LogP contribution in [0.2, 0.25) is 0 Å². The average molecular weight is 474 g/mol. The van der Waals surface area contributed by atoms with Gasteiger partial charge in [-0.1, -0.05) is 0 Å². The van der Waals surface area contributed by atoms with Crippen molar-refractivity contribution in [3.05, 3.63) is 0 Å². The van der Waals surface area contributed by atoms with Crippen LogP contribution in [0.3, 0.4) is 0 Å². The molecule has 156 valence electrons. The summed E-state index contributed by atoms with van der Waals surface area (Å²) in [6, 6.07) is 0. The summed E-state index contributed by atoms with van der Waals surface area (Å²) in [6.45, 7) is -1.71. The number of rotatable bonds is 16. The first-order valence-electron chi connectivity index (χ1n) is 6.94. The second kappa shape index (κ2) is 8.89. The van der Waals surface area contributed by atoms with E-state index < -0.39 is 72.8 Å². The Bertz CT molecular complexity index is 971. The number of carbonyl (C=O) groups excluding carboxylic acids is 1. The molecule has 26 heavy (non-hydrogen) atoms. The van der Waals surface area contributed by atoms with Gasteiger partial charge in [-0.25, -0.2) is 16.7 Å². The average Bonchev–Trinajstić information content (AvgIpc) is 2.67. The topological polar surface area (TPSA) is 271 Å². The van der Waals surface area contributed by atoms with Crippen molar-refractivity contribution in [1.29, 1.82) is 5.72 Å². The Morgan fingerprint density at radius 3 is 1.69 bits per heavy atom. The van der Waals surface area contributed by atoms with Gasteiger partial charge in [0.1, 0.15) is 12.2 Å². The lowest BCUT2D eigenvalue weighted by Gasteiger charge is -2.26. The van der Waals surface area contributed by atoms with Crippen LogP contribution in [0, 0.1) is 0 Å². The van der Waals surface area contributed by atoms with E-state index >= 15 is 0 Å². The second-order valence-electron chi connectivity index (χ2n) is 3.81. The zero-order valence-electron chi connectivity index (χ0n) is 15.6. The maximum absolute atomic E-state index is 11.4. The molecule has 0 aliphatic heterocycles. The van der Waals surface area contributed by atoms with Crippen molar-refractivity contribution in [2.75, 3.05) is 6.61 Å². The van der Waals surface area contributed by atoms with Crippen molar-refractivity contribution in [2.24, 2.45) is 0 Å². The van der Waals surface area contributed by atoms with Gasteiger partial charge in [-0.3, -0.25) is 18.2 Å². The summed E-state index contributed by atoms with van der Waals surface area (Å²) >= 11 is 0. The molecule has 0 bridgehead atoms. The zero-order chi connectivity index (χ0) is 23.8. The Balaban J connectivity index is 6.35. The van der Waals surface area contributed by atoms with Crippen molar-refractivity contribution in [2.45, 2.75) is 18.3 Å². The quantitative estimate of drug-likeness (QED) is 0.125. The summed E-state index contributed by atoms with van der Waals surface area (Å²) in [6.07, 6.45) is -8.99. The fourth-order valence-corrected chi connectivity index (χ4v) is 2.94. The van der Waals surface area contributed by atoms with Gasteiger partial charge in [0, 0.05) is 0 Å². The molecule has 21 heteroatoms. The number of aldehydes is 1. The van der Waals surface area contributed by atoms with E-state index in [-0.39, 0.29) is 0 Å². The summed E-state index contributed by atoms with van der Waals surface area (Å²) in [5, 5.41) is 0. The lowest BCUT2D eigenvalue weighted by molar-refractivity contribution is -0.122. The second-order valence-corrected chi connectivity index (χ2v) is 7.89. The van der Waals surface area contributed by atoms with E-state index in [1.54, 1.807) is 0 Å². The van der Waals surface area contributed by atoms with Gasteiger partial charge in [-0.15, -0.1) is 0 Å². The van der Waals surface area contributed by atoms with Crippen LogP contribution in [0.4, 0.5) is 0 Å².